The van der Waals surface area contributed by atoms with Gasteiger partial charge in [0.1, 0.15) is 11.9 Å². The Balaban J connectivity index is 1.27. The Kier molecular flexibility index (Phi) is 6.25. The molecule has 2 aromatic carbocycles. The first kappa shape index (κ1) is 22.7. The molecule has 0 radical (unpaired) electrons. The number of carbonyl (C=O) groups excluding carboxylic acids is 2. The Morgan fingerprint density at radius 1 is 1.14 bits per heavy atom. The number of methoxy groups -OCH3 is 1. The van der Waals surface area contributed by atoms with Gasteiger partial charge in [0.25, 0.3) is 5.91 Å². The van der Waals surface area contributed by atoms with E-state index >= 15 is 0 Å². The van der Waals surface area contributed by atoms with Gasteiger partial charge >= 0.3 is 0 Å². The summed E-state index contributed by atoms with van der Waals surface area (Å²) in [4.78, 5) is 35.4. The van der Waals surface area contributed by atoms with Crippen LogP contribution in [0, 0.1) is 17.2 Å². The highest BCUT2D eigenvalue weighted by Crippen LogP contribution is 2.31. The lowest BCUT2D eigenvalue weighted by atomic mass is 10.0. The molecule has 2 heterocycles. The maximum absolute atomic E-state index is 12.5. The van der Waals surface area contributed by atoms with Gasteiger partial charge in [0.15, 0.2) is 0 Å². The quantitative estimate of drug-likeness (QED) is 0.570. The summed E-state index contributed by atoms with van der Waals surface area (Å²) in [6.45, 7) is 1.25. The number of hydrogen-bond acceptors (Lipinski definition) is 6. The summed E-state index contributed by atoms with van der Waals surface area (Å²) >= 11 is 0. The van der Waals surface area contributed by atoms with Crippen LogP contribution in [0.3, 0.4) is 0 Å². The minimum Gasteiger partial charge on any atom is -0.378 e. The van der Waals surface area contributed by atoms with Gasteiger partial charge in [0.05, 0.1) is 23.0 Å². The SMILES string of the molecule is COC1CN(C(=O)c2ccc(Cc3nccc(-c4ccc(NC(=O)C5CC5)c(C#N)c4)n3)cc2)C1. The molecule has 2 aliphatic rings. The predicted octanol–water partition coefficient (Wildman–Crippen LogP) is 3.43. The molecule has 1 aliphatic heterocycles. The molecule has 1 N–H and O–H groups in total. The van der Waals surface area contributed by atoms with E-state index in [-0.39, 0.29) is 23.8 Å². The smallest absolute Gasteiger partial charge is 0.254 e. The Hall–Kier alpha value is -4.09. The van der Waals surface area contributed by atoms with Gasteiger partial charge < -0.3 is 15.0 Å². The normalized spacial score (nSPS) is 15.3. The third-order valence-corrected chi connectivity index (χ3v) is 6.38. The number of hydrogen-bond donors (Lipinski definition) is 1. The van der Waals surface area contributed by atoms with Gasteiger partial charge in [0, 0.05) is 49.9 Å². The first-order valence-electron chi connectivity index (χ1n) is 11.6. The third-order valence-electron chi connectivity index (χ3n) is 6.38. The van der Waals surface area contributed by atoms with E-state index in [1.54, 1.807) is 36.4 Å². The van der Waals surface area contributed by atoms with Gasteiger partial charge in [0.2, 0.25) is 5.91 Å². The molecule has 8 nitrogen and oxygen atoms in total. The minimum atomic E-state index is -0.0321. The highest BCUT2D eigenvalue weighted by molar-refractivity contribution is 5.96. The number of rotatable bonds is 7. The molecule has 0 spiro atoms. The predicted molar refractivity (Wildman–Crippen MR) is 129 cm³/mol. The van der Waals surface area contributed by atoms with Crippen LogP contribution < -0.4 is 5.32 Å². The molecule has 1 saturated heterocycles. The summed E-state index contributed by atoms with van der Waals surface area (Å²) in [5, 5.41) is 12.4. The van der Waals surface area contributed by atoms with Gasteiger partial charge in [-0.3, -0.25) is 9.59 Å². The molecule has 0 atom stereocenters. The van der Waals surface area contributed by atoms with Crippen LogP contribution in [-0.4, -0.2) is 53.0 Å². The first-order chi connectivity index (χ1) is 17.0. The zero-order chi connectivity index (χ0) is 24.4. The summed E-state index contributed by atoms with van der Waals surface area (Å²) in [5.41, 5.74) is 4.04. The lowest BCUT2D eigenvalue weighted by Crippen LogP contribution is -2.54. The van der Waals surface area contributed by atoms with Crippen molar-refractivity contribution in [3.8, 4) is 17.3 Å². The van der Waals surface area contributed by atoms with E-state index in [0.717, 1.165) is 24.0 Å². The number of anilines is 1. The van der Waals surface area contributed by atoms with Crippen LogP contribution in [0.1, 0.15) is 40.2 Å². The lowest BCUT2D eigenvalue weighted by Gasteiger charge is -2.38. The van der Waals surface area contributed by atoms with Gasteiger partial charge in [-0.25, -0.2) is 9.97 Å². The van der Waals surface area contributed by atoms with Crippen molar-refractivity contribution in [2.24, 2.45) is 5.92 Å². The molecule has 0 unspecified atom stereocenters. The van der Waals surface area contributed by atoms with Crippen molar-refractivity contribution >= 4 is 17.5 Å². The van der Waals surface area contributed by atoms with Crippen LogP contribution in [0.25, 0.3) is 11.3 Å². The topological polar surface area (TPSA) is 108 Å². The fourth-order valence-corrected chi connectivity index (χ4v) is 4.01. The number of aromatic nitrogens is 2. The molecular formula is C27H25N5O3. The summed E-state index contributed by atoms with van der Waals surface area (Å²) in [6.07, 6.45) is 4.15. The second-order valence-corrected chi connectivity index (χ2v) is 8.94. The second kappa shape index (κ2) is 9.65. The molecule has 3 aromatic rings. The zero-order valence-corrected chi connectivity index (χ0v) is 19.4. The number of likely N-dealkylation sites (tertiary alicyclic amines) is 1. The number of nitrogens with zero attached hydrogens (tertiary/aromatic N) is 4. The summed E-state index contributed by atoms with van der Waals surface area (Å²) in [6, 6.07) is 16.8. The van der Waals surface area contributed by atoms with Crippen LogP contribution in [-0.2, 0) is 16.0 Å². The van der Waals surface area contributed by atoms with Crippen LogP contribution in [0.5, 0.6) is 0 Å². The van der Waals surface area contributed by atoms with Crippen molar-refractivity contribution in [1.29, 1.82) is 5.26 Å². The fraction of sp³-hybridized carbons (Fsp3) is 0.296. The maximum atomic E-state index is 12.5. The van der Waals surface area contributed by atoms with Crippen molar-refractivity contribution in [3.05, 3.63) is 77.2 Å². The molecule has 2 fully saturated rings. The Morgan fingerprint density at radius 3 is 2.60 bits per heavy atom. The lowest BCUT2D eigenvalue weighted by molar-refractivity contribution is -0.117. The summed E-state index contributed by atoms with van der Waals surface area (Å²) in [7, 11) is 1.66. The standard InChI is InChI=1S/C27H25N5O3/c1-35-22-15-32(16-22)27(34)19-4-2-17(3-5-19)12-25-29-11-10-24(30-25)20-8-9-23(21(13-20)14-28)31-26(33)18-6-7-18/h2-5,8-11,13,18,22H,6-7,12,15-16H2,1H3,(H,31,33). The molecular weight excluding hydrogens is 442 g/mol. The monoisotopic (exact) mass is 467 g/mol. The maximum Gasteiger partial charge on any atom is 0.254 e. The van der Waals surface area contributed by atoms with E-state index in [1.165, 1.54) is 0 Å². The third kappa shape index (κ3) is 5.05. The fourth-order valence-electron chi connectivity index (χ4n) is 4.01. The van der Waals surface area contributed by atoms with Crippen molar-refractivity contribution in [3.63, 3.8) is 0 Å². The van der Waals surface area contributed by atoms with E-state index in [4.69, 9.17) is 4.74 Å². The van der Waals surface area contributed by atoms with E-state index < -0.39 is 0 Å². The second-order valence-electron chi connectivity index (χ2n) is 8.94. The van der Waals surface area contributed by atoms with Crippen LogP contribution >= 0.6 is 0 Å². The molecule has 5 rings (SSSR count). The molecule has 2 amide bonds. The van der Waals surface area contributed by atoms with Gasteiger partial charge in [-0.05, 0) is 48.7 Å². The molecule has 176 valence electrons. The van der Waals surface area contributed by atoms with E-state index in [2.05, 4.69) is 21.4 Å². The van der Waals surface area contributed by atoms with Crippen molar-refractivity contribution in [2.45, 2.75) is 25.4 Å². The minimum absolute atomic E-state index is 0.00756. The average Bonchev–Trinajstić information content (AvgIpc) is 3.70. The molecule has 8 heteroatoms. The van der Waals surface area contributed by atoms with Crippen LogP contribution in [0.2, 0.25) is 0 Å². The molecule has 1 aromatic heterocycles. The molecule has 1 saturated carbocycles. The van der Waals surface area contributed by atoms with Gasteiger partial charge in [-0.15, -0.1) is 0 Å². The number of nitrogens with one attached hydrogen (secondary N) is 1. The Bertz CT molecular complexity index is 1310. The highest BCUT2D eigenvalue weighted by atomic mass is 16.5. The number of ether oxygens (including phenoxy) is 1. The van der Waals surface area contributed by atoms with Crippen molar-refractivity contribution in [2.75, 3.05) is 25.5 Å². The number of benzene rings is 2. The van der Waals surface area contributed by atoms with E-state index in [0.29, 0.717) is 47.8 Å². The Labute approximate surface area is 203 Å². The highest BCUT2D eigenvalue weighted by Gasteiger charge is 2.31. The van der Waals surface area contributed by atoms with Crippen molar-refractivity contribution < 1.29 is 14.3 Å². The molecule has 1 aliphatic carbocycles. The number of nitriles is 1. The van der Waals surface area contributed by atoms with Gasteiger partial charge in [-0.2, -0.15) is 5.26 Å². The number of carbonyl (C=O) groups is 2. The van der Waals surface area contributed by atoms with Gasteiger partial charge in [-0.1, -0.05) is 18.2 Å². The molecule has 0 bridgehead atoms. The van der Waals surface area contributed by atoms with E-state index in [1.807, 2.05) is 30.3 Å². The first-order valence-corrected chi connectivity index (χ1v) is 11.6. The zero-order valence-electron chi connectivity index (χ0n) is 19.4. The van der Waals surface area contributed by atoms with Crippen LogP contribution in [0.15, 0.2) is 54.7 Å². The average molecular weight is 468 g/mol. The Morgan fingerprint density at radius 2 is 1.91 bits per heavy atom. The summed E-state index contributed by atoms with van der Waals surface area (Å²) in [5.74, 6) is 0.678. The van der Waals surface area contributed by atoms with Crippen molar-refractivity contribution in [1.82, 2.24) is 14.9 Å². The molecule has 35 heavy (non-hydrogen) atoms. The largest absolute Gasteiger partial charge is 0.378 e. The summed E-state index contributed by atoms with van der Waals surface area (Å²) < 4.78 is 5.23. The van der Waals surface area contributed by atoms with E-state index in [9.17, 15) is 14.9 Å². The number of amides is 2. The van der Waals surface area contributed by atoms with Crippen LogP contribution in [0.4, 0.5) is 5.69 Å².